The van der Waals surface area contributed by atoms with Gasteiger partial charge in [0.05, 0.1) is 0 Å². The highest BCUT2D eigenvalue weighted by molar-refractivity contribution is 6.31. The molecular weight excluding hydrogens is 289 g/mol. The van der Waals surface area contributed by atoms with Crippen LogP contribution in [0, 0.1) is 12.7 Å². The lowest BCUT2D eigenvalue weighted by atomic mass is 10.1. The van der Waals surface area contributed by atoms with Gasteiger partial charge < -0.3 is 10.1 Å². The average molecular weight is 308 g/mol. The van der Waals surface area contributed by atoms with Crippen LogP contribution >= 0.6 is 11.6 Å². The van der Waals surface area contributed by atoms with Crippen molar-refractivity contribution in [1.29, 1.82) is 0 Å². The maximum atomic E-state index is 13.2. The van der Waals surface area contributed by atoms with Crippen LogP contribution in [0.2, 0.25) is 5.02 Å². The Kier molecular flexibility index (Phi) is 5.59. The van der Waals surface area contributed by atoms with E-state index in [1.165, 1.54) is 17.7 Å². The van der Waals surface area contributed by atoms with Crippen LogP contribution in [-0.4, -0.2) is 6.54 Å². The first-order valence-electron chi connectivity index (χ1n) is 6.97. The summed E-state index contributed by atoms with van der Waals surface area (Å²) < 4.78 is 19.1. The van der Waals surface area contributed by atoms with Gasteiger partial charge in [0.1, 0.15) is 18.2 Å². The molecule has 0 amide bonds. The summed E-state index contributed by atoms with van der Waals surface area (Å²) in [7, 11) is 0. The summed E-state index contributed by atoms with van der Waals surface area (Å²) >= 11 is 6.05. The van der Waals surface area contributed by atoms with E-state index in [-0.39, 0.29) is 12.4 Å². The van der Waals surface area contributed by atoms with Gasteiger partial charge in [0, 0.05) is 22.7 Å². The highest BCUT2D eigenvalue weighted by Gasteiger charge is 2.07. The van der Waals surface area contributed by atoms with Crippen LogP contribution in [0.1, 0.15) is 23.6 Å². The Bertz CT molecular complexity index is 616. The Morgan fingerprint density at radius 3 is 2.71 bits per heavy atom. The van der Waals surface area contributed by atoms with E-state index in [9.17, 15) is 4.39 Å². The van der Waals surface area contributed by atoms with Crippen LogP contribution in [0.5, 0.6) is 5.75 Å². The Hall–Kier alpha value is -1.58. The third-order valence-corrected chi connectivity index (χ3v) is 3.54. The summed E-state index contributed by atoms with van der Waals surface area (Å²) in [5, 5.41) is 3.80. The third-order valence-electron chi connectivity index (χ3n) is 3.17. The molecule has 2 aromatic carbocycles. The van der Waals surface area contributed by atoms with Crippen molar-refractivity contribution in [2.24, 2.45) is 0 Å². The summed E-state index contributed by atoms with van der Waals surface area (Å²) in [5.74, 6) is 0.483. The van der Waals surface area contributed by atoms with Crippen molar-refractivity contribution in [2.75, 3.05) is 6.54 Å². The predicted octanol–water partition coefficient (Wildman–Crippen LogP) is 4.48. The van der Waals surface area contributed by atoms with Crippen LogP contribution in [0.15, 0.2) is 36.4 Å². The minimum atomic E-state index is -0.310. The van der Waals surface area contributed by atoms with Crippen LogP contribution in [0.3, 0.4) is 0 Å². The second kappa shape index (κ2) is 7.43. The van der Waals surface area contributed by atoms with Gasteiger partial charge in [-0.3, -0.25) is 0 Å². The molecule has 1 N–H and O–H groups in total. The SMILES string of the molecule is CCNCc1cc(C)ccc1OCc1cc(F)ccc1Cl. The third kappa shape index (κ3) is 4.45. The number of ether oxygens (including phenoxy) is 1. The molecule has 112 valence electrons. The molecule has 0 aliphatic rings. The largest absolute Gasteiger partial charge is 0.489 e. The van der Waals surface area contributed by atoms with Crippen molar-refractivity contribution in [2.45, 2.75) is 27.0 Å². The molecule has 0 fully saturated rings. The second-order valence-corrected chi connectivity index (χ2v) is 5.32. The molecule has 0 heterocycles. The molecule has 0 radical (unpaired) electrons. The summed E-state index contributed by atoms with van der Waals surface area (Å²) in [5.41, 5.74) is 2.91. The van der Waals surface area contributed by atoms with Gasteiger partial charge in [0.15, 0.2) is 0 Å². The van der Waals surface area contributed by atoms with Gasteiger partial charge in [-0.05, 0) is 37.7 Å². The summed E-state index contributed by atoms with van der Waals surface area (Å²) in [6.45, 7) is 5.98. The molecule has 0 spiro atoms. The van der Waals surface area contributed by atoms with Crippen molar-refractivity contribution in [3.63, 3.8) is 0 Å². The summed E-state index contributed by atoms with van der Waals surface area (Å²) in [6.07, 6.45) is 0. The minimum Gasteiger partial charge on any atom is -0.489 e. The van der Waals surface area contributed by atoms with Crippen LogP contribution in [0.25, 0.3) is 0 Å². The molecule has 0 saturated carbocycles. The van der Waals surface area contributed by atoms with Gasteiger partial charge in [-0.1, -0.05) is 36.2 Å². The molecule has 0 bridgehead atoms. The van der Waals surface area contributed by atoms with Crippen LogP contribution in [0.4, 0.5) is 4.39 Å². The van der Waals surface area contributed by atoms with Crippen molar-refractivity contribution < 1.29 is 9.13 Å². The van der Waals surface area contributed by atoms with E-state index in [2.05, 4.69) is 18.3 Å². The zero-order valence-electron chi connectivity index (χ0n) is 12.2. The van der Waals surface area contributed by atoms with Gasteiger partial charge >= 0.3 is 0 Å². The fraction of sp³-hybridized carbons (Fsp3) is 0.294. The monoisotopic (exact) mass is 307 g/mol. The Morgan fingerprint density at radius 1 is 1.14 bits per heavy atom. The smallest absolute Gasteiger partial charge is 0.124 e. The molecule has 0 unspecified atom stereocenters. The van der Waals surface area contributed by atoms with Gasteiger partial charge in [-0.25, -0.2) is 4.39 Å². The van der Waals surface area contributed by atoms with E-state index in [4.69, 9.17) is 16.3 Å². The molecule has 0 aromatic heterocycles. The fourth-order valence-electron chi connectivity index (χ4n) is 2.06. The molecule has 2 rings (SSSR count). The first-order valence-corrected chi connectivity index (χ1v) is 7.35. The van der Waals surface area contributed by atoms with Crippen LogP contribution in [-0.2, 0) is 13.2 Å². The number of hydrogen-bond acceptors (Lipinski definition) is 2. The van der Waals surface area contributed by atoms with E-state index >= 15 is 0 Å². The Labute approximate surface area is 129 Å². The van der Waals surface area contributed by atoms with Gasteiger partial charge in [-0.2, -0.15) is 0 Å². The molecule has 21 heavy (non-hydrogen) atoms. The normalized spacial score (nSPS) is 10.7. The molecule has 2 nitrogen and oxygen atoms in total. The molecule has 0 atom stereocenters. The molecule has 0 aliphatic carbocycles. The molecule has 0 aliphatic heterocycles. The number of nitrogens with one attached hydrogen (secondary N) is 1. The van der Waals surface area contributed by atoms with E-state index in [1.807, 2.05) is 19.1 Å². The lowest BCUT2D eigenvalue weighted by Gasteiger charge is -2.13. The number of hydrogen-bond donors (Lipinski definition) is 1. The van der Waals surface area contributed by atoms with E-state index < -0.39 is 0 Å². The van der Waals surface area contributed by atoms with Gasteiger partial charge in [-0.15, -0.1) is 0 Å². The first kappa shape index (κ1) is 15.8. The minimum absolute atomic E-state index is 0.249. The van der Waals surface area contributed by atoms with Crippen molar-refractivity contribution in [3.8, 4) is 5.75 Å². The van der Waals surface area contributed by atoms with E-state index in [0.717, 1.165) is 24.4 Å². The maximum Gasteiger partial charge on any atom is 0.124 e. The summed E-state index contributed by atoms with van der Waals surface area (Å²) in [6, 6.07) is 10.3. The molecular formula is C17H19ClFNO. The average Bonchev–Trinajstić information content (AvgIpc) is 2.47. The quantitative estimate of drug-likeness (QED) is 0.850. The first-order chi connectivity index (χ1) is 10.1. The van der Waals surface area contributed by atoms with Crippen LogP contribution < -0.4 is 10.1 Å². The fourth-order valence-corrected chi connectivity index (χ4v) is 2.23. The molecule has 2 aromatic rings. The summed E-state index contributed by atoms with van der Waals surface area (Å²) in [4.78, 5) is 0. The van der Waals surface area contributed by atoms with E-state index in [0.29, 0.717) is 10.6 Å². The number of benzene rings is 2. The lowest BCUT2D eigenvalue weighted by Crippen LogP contribution is -2.13. The standard InChI is InChI=1S/C17H19ClFNO/c1-3-20-10-13-8-12(2)4-7-17(13)21-11-14-9-15(19)5-6-16(14)18/h4-9,20H,3,10-11H2,1-2H3. The molecule has 0 saturated heterocycles. The number of halogens is 2. The number of aryl methyl sites for hydroxylation is 1. The lowest BCUT2D eigenvalue weighted by molar-refractivity contribution is 0.301. The number of rotatable bonds is 6. The zero-order valence-corrected chi connectivity index (χ0v) is 13.0. The van der Waals surface area contributed by atoms with Crippen molar-refractivity contribution in [1.82, 2.24) is 5.32 Å². The highest BCUT2D eigenvalue weighted by atomic mass is 35.5. The molecule has 4 heteroatoms. The van der Waals surface area contributed by atoms with Crippen molar-refractivity contribution in [3.05, 3.63) is 63.9 Å². The topological polar surface area (TPSA) is 21.3 Å². The van der Waals surface area contributed by atoms with E-state index in [1.54, 1.807) is 6.07 Å². The van der Waals surface area contributed by atoms with Crippen molar-refractivity contribution >= 4 is 11.6 Å². The highest BCUT2D eigenvalue weighted by Crippen LogP contribution is 2.23. The Morgan fingerprint density at radius 2 is 1.95 bits per heavy atom. The van der Waals surface area contributed by atoms with Gasteiger partial charge in [0.25, 0.3) is 0 Å². The maximum absolute atomic E-state index is 13.2. The zero-order chi connectivity index (χ0) is 15.2. The van der Waals surface area contributed by atoms with Gasteiger partial charge in [0.2, 0.25) is 0 Å². The second-order valence-electron chi connectivity index (χ2n) is 4.92. The Balaban J connectivity index is 2.13. The predicted molar refractivity (Wildman–Crippen MR) is 84.3 cm³/mol.